The molecule has 25 heavy (non-hydrogen) atoms. The Kier molecular flexibility index (Phi) is 3.78. The standard InChI is InChI=1S/C19H15N3O3/c1-23-17-9-14-16(10-18(17)24-2)21-11-22-19(14)25-13-6-5-12-4-3-7-20-15(12)8-13/h3-11H,1-2H3. The van der Waals surface area contributed by atoms with E-state index < -0.39 is 0 Å². The SMILES string of the molecule is COc1cc2ncnc(Oc3ccc4cccnc4c3)c2cc1OC. The van der Waals surface area contributed by atoms with Crippen LogP contribution < -0.4 is 14.2 Å². The third kappa shape index (κ3) is 2.78. The molecular weight excluding hydrogens is 318 g/mol. The molecule has 0 spiro atoms. The van der Waals surface area contributed by atoms with E-state index in [1.165, 1.54) is 6.33 Å². The second-order valence-corrected chi connectivity index (χ2v) is 5.36. The monoisotopic (exact) mass is 333 g/mol. The van der Waals surface area contributed by atoms with E-state index in [2.05, 4.69) is 15.0 Å². The zero-order valence-corrected chi connectivity index (χ0v) is 13.8. The first kappa shape index (κ1) is 15.1. The van der Waals surface area contributed by atoms with Gasteiger partial charge in [0, 0.05) is 23.7 Å². The van der Waals surface area contributed by atoms with E-state index in [-0.39, 0.29) is 0 Å². The van der Waals surface area contributed by atoms with E-state index in [1.807, 2.05) is 36.4 Å². The summed E-state index contributed by atoms with van der Waals surface area (Å²) in [5.74, 6) is 2.30. The fraction of sp³-hybridized carbons (Fsp3) is 0.105. The van der Waals surface area contributed by atoms with Crippen LogP contribution in [0.4, 0.5) is 0 Å². The molecule has 0 fully saturated rings. The van der Waals surface area contributed by atoms with Crippen LogP contribution in [0.5, 0.6) is 23.1 Å². The number of methoxy groups -OCH3 is 2. The van der Waals surface area contributed by atoms with E-state index in [4.69, 9.17) is 14.2 Å². The number of benzene rings is 2. The summed E-state index contributed by atoms with van der Waals surface area (Å²) < 4.78 is 16.7. The molecule has 0 atom stereocenters. The van der Waals surface area contributed by atoms with Crippen LogP contribution in [0.1, 0.15) is 0 Å². The van der Waals surface area contributed by atoms with Gasteiger partial charge in [-0.15, -0.1) is 0 Å². The summed E-state index contributed by atoms with van der Waals surface area (Å²) in [6.45, 7) is 0. The van der Waals surface area contributed by atoms with Crippen molar-refractivity contribution in [1.82, 2.24) is 15.0 Å². The molecule has 0 unspecified atom stereocenters. The van der Waals surface area contributed by atoms with Crippen LogP contribution in [0.2, 0.25) is 0 Å². The van der Waals surface area contributed by atoms with E-state index in [0.29, 0.717) is 28.6 Å². The predicted octanol–water partition coefficient (Wildman–Crippen LogP) is 3.99. The molecule has 0 N–H and O–H groups in total. The van der Waals surface area contributed by atoms with Crippen LogP contribution in [-0.2, 0) is 0 Å². The number of hydrogen-bond donors (Lipinski definition) is 0. The molecule has 0 aliphatic heterocycles. The van der Waals surface area contributed by atoms with Gasteiger partial charge in [0.2, 0.25) is 5.88 Å². The van der Waals surface area contributed by atoms with Crippen LogP contribution in [0.3, 0.4) is 0 Å². The van der Waals surface area contributed by atoms with Gasteiger partial charge in [-0.1, -0.05) is 6.07 Å². The van der Waals surface area contributed by atoms with Crippen molar-refractivity contribution in [3.8, 4) is 23.1 Å². The summed E-state index contributed by atoms with van der Waals surface area (Å²) in [6.07, 6.45) is 3.21. The van der Waals surface area contributed by atoms with Crippen molar-refractivity contribution in [3.63, 3.8) is 0 Å². The van der Waals surface area contributed by atoms with E-state index in [0.717, 1.165) is 16.3 Å². The van der Waals surface area contributed by atoms with Crippen LogP contribution in [-0.4, -0.2) is 29.2 Å². The molecule has 0 radical (unpaired) electrons. The number of aromatic nitrogens is 3. The molecule has 2 aromatic carbocycles. The van der Waals surface area contributed by atoms with E-state index >= 15 is 0 Å². The van der Waals surface area contributed by atoms with Gasteiger partial charge in [-0.2, -0.15) is 0 Å². The Morgan fingerprint density at radius 1 is 0.800 bits per heavy atom. The zero-order chi connectivity index (χ0) is 17.2. The van der Waals surface area contributed by atoms with Crippen molar-refractivity contribution in [2.24, 2.45) is 0 Å². The topological polar surface area (TPSA) is 66.4 Å². The summed E-state index contributed by atoms with van der Waals surface area (Å²) in [4.78, 5) is 12.9. The molecule has 2 aromatic heterocycles. The number of hydrogen-bond acceptors (Lipinski definition) is 6. The average Bonchev–Trinajstić information content (AvgIpc) is 2.67. The molecule has 0 saturated heterocycles. The summed E-state index contributed by atoms with van der Waals surface area (Å²) in [5.41, 5.74) is 1.57. The lowest BCUT2D eigenvalue weighted by molar-refractivity contribution is 0.355. The van der Waals surface area contributed by atoms with Gasteiger partial charge >= 0.3 is 0 Å². The first-order valence-corrected chi connectivity index (χ1v) is 7.68. The van der Waals surface area contributed by atoms with Crippen molar-refractivity contribution in [3.05, 3.63) is 55.0 Å². The highest BCUT2D eigenvalue weighted by molar-refractivity contribution is 5.87. The minimum absolute atomic E-state index is 0.446. The normalized spacial score (nSPS) is 10.8. The van der Waals surface area contributed by atoms with E-state index in [1.54, 1.807) is 26.5 Å². The first-order valence-electron chi connectivity index (χ1n) is 7.68. The summed E-state index contributed by atoms with van der Waals surface area (Å²) in [6, 6.07) is 13.2. The van der Waals surface area contributed by atoms with Crippen LogP contribution in [0.25, 0.3) is 21.8 Å². The Bertz CT molecular complexity index is 1070. The van der Waals surface area contributed by atoms with Crippen LogP contribution in [0, 0.1) is 0 Å². The Hall–Kier alpha value is -3.41. The fourth-order valence-corrected chi connectivity index (χ4v) is 2.66. The number of nitrogens with zero attached hydrogens (tertiary/aromatic N) is 3. The second-order valence-electron chi connectivity index (χ2n) is 5.36. The Balaban J connectivity index is 1.79. The summed E-state index contributed by atoms with van der Waals surface area (Å²) >= 11 is 0. The van der Waals surface area contributed by atoms with Crippen molar-refractivity contribution < 1.29 is 14.2 Å². The third-order valence-electron chi connectivity index (χ3n) is 3.90. The molecule has 0 aliphatic rings. The molecule has 6 nitrogen and oxygen atoms in total. The number of ether oxygens (including phenoxy) is 3. The molecule has 0 amide bonds. The highest BCUT2D eigenvalue weighted by Gasteiger charge is 2.12. The first-order chi connectivity index (χ1) is 12.3. The van der Waals surface area contributed by atoms with Crippen molar-refractivity contribution in [2.75, 3.05) is 14.2 Å². The maximum atomic E-state index is 5.99. The maximum absolute atomic E-state index is 5.99. The quantitative estimate of drug-likeness (QED) is 0.562. The fourth-order valence-electron chi connectivity index (χ4n) is 2.66. The Morgan fingerprint density at radius 3 is 2.48 bits per heavy atom. The molecule has 6 heteroatoms. The van der Waals surface area contributed by atoms with Crippen molar-refractivity contribution in [2.45, 2.75) is 0 Å². The Labute approximate surface area is 144 Å². The largest absolute Gasteiger partial charge is 0.493 e. The minimum Gasteiger partial charge on any atom is -0.493 e. The van der Waals surface area contributed by atoms with Gasteiger partial charge in [0.05, 0.1) is 30.6 Å². The highest BCUT2D eigenvalue weighted by atomic mass is 16.5. The molecule has 0 bridgehead atoms. The summed E-state index contributed by atoms with van der Waals surface area (Å²) in [5, 5.41) is 1.79. The smallest absolute Gasteiger partial charge is 0.230 e. The van der Waals surface area contributed by atoms with Gasteiger partial charge in [-0.05, 0) is 24.3 Å². The molecular formula is C19H15N3O3. The summed E-state index contributed by atoms with van der Waals surface area (Å²) in [7, 11) is 3.17. The molecule has 4 rings (SSSR count). The van der Waals surface area contributed by atoms with Gasteiger partial charge < -0.3 is 14.2 Å². The third-order valence-corrected chi connectivity index (χ3v) is 3.90. The molecule has 124 valence electrons. The second kappa shape index (κ2) is 6.24. The van der Waals surface area contributed by atoms with Gasteiger partial charge in [-0.25, -0.2) is 9.97 Å². The van der Waals surface area contributed by atoms with Gasteiger partial charge in [0.25, 0.3) is 0 Å². The lowest BCUT2D eigenvalue weighted by atomic mass is 10.2. The maximum Gasteiger partial charge on any atom is 0.230 e. The zero-order valence-electron chi connectivity index (χ0n) is 13.8. The van der Waals surface area contributed by atoms with Gasteiger partial charge in [0.15, 0.2) is 11.5 Å². The number of fused-ring (bicyclic) bond motifs is 2. The van der Waals surface area contributed by atoms with Crippen molar-refractivity contribution >= 4 is 21.8 Å². The average molecular weight is 333 g/mol. The predicted molar refractivity (Wildman–Crippen MR) is 94.5 cm³/mol. The molecule has 2 heterocycles. The highest BCUT2D eigenvalue weighted by Crippen LogP contribution is 2.36. The lowest BCUT2D eigenvalue weighted by Crippen LogP contribution is -1.95. The Morgan fingerprint density at radius 2 is 1.64 bits per heavy atom. The lowest BCUT2D eigenvalue weighted by Gasteiger charge is -2.11. The number of rotatable bonds is 4. The number of pyridine rings is 1. The van der Waals surface area contributed by atoms with Gasteiger partial charge in [0.1, 0.15) is 12.1 Å². The van der Waals surface area contributed by atoms with Gasteiger partial charge in [-0.3, -0.25) is 4.98 Å². The van der Waals surface area contributed by atoms with Crippen LogP contribution >= 0.6 is 0 Å². The van der Waals surface area contributed by atoms with Crippen molar-refractivity contribution in [1.29, 1.82) is 0 Å². The molecule has 4 aromatic rings. The van der Waals surface area contributed by atoms with E-state index in [9.17, 15) is 0 Å². The molecule has 0 aliphatic carbocycles. The van der Waals surface area contributed by atoms with Crippen LogP contribution in [0.15, 0.2) is 55.0 Å². The molecule has 0 saturated carbocycles. The minimum atomic E-state index is 0.446.